The van der Waals surface area contributed by atoms with Crippen LogP contribution in [0.25, 0.3) is 54.9 Å². The minimum Gasteiger partial charge on any atom is -0.423 e. The molecule has 12 aromatic carbocycles. The third kappa shape index (κ3) is 12.4. The summed E-state index contributed by atoms with van der Waals surface area (Å²) in [6.07, 6.45) is 0. The lowest BCUT2D eigenvalue weighted by atomic mass is 9.77. The zero-order valence-electron chi connectivity index (χ0n) is 40.6. The van der Waals surface area contributed by atoms with Crippen LogP contribution in [-0.2, 0) is 0 Å². The van der Waals surface area contributed by atoms with Crippen molar-refractivity contribution in [1.82, 2.24) is 0 Å². The molecular weight excluding hydrogens is 979 g/mol. The number of benzene rings is 12. The number of para-hydroxylation sites is 2. The predicted octanol–water partition coefficient (Wildman–Crippen LogP) is 18.4. The van der Waals surface area contributed by atoms with Crippen LogP contribution in [0, 0.1) is 0 Å². The zero-order chi connectivity index (χ0) is 50.5. The highest BCUT2D eigenvalue weighted by atomic mass is 79.9. The van der Waals surface area contributed by atoms with Gasteiger partial charge in [0.05, 0.1) is 0 Å². The monoisotopic (exact) mass is 1030 g/mol. The molecule has 0 radical (unpaired) electrons. The second-order valence-electron chi connectivity index (χ2n) is 17.7. The van der Waals surface area contributed by atoms with Crippen molar-refractivity contribution in [2.45, 2.75) is 7.43 Å². The molecular formula is C69H56BBrN2O2. The molecule has 0 spiro atoms. The molecule has 0 aliphatic rings. The first-order valence-electron chi connectivity index (χ1n) is 24.7. The molecule has 0 amide bonds. The molecule has 12 aromatic rings. The maximum Gasteiger partial charge on any atom is 0.489 e. The summed E-state index contributed by atoms with van der Waals surface area (Å²) >= 11 is 3.52. The normalized spacial score (nSPS) is 10.5. The Morgan fingerprint density at radius 2 is 0.573 bits per heavy atom. The van der Waals surface area contributed by atoms with Crippen molar-refractivity contribution in [3.63, 3.8) is 0 Å². The highest BCUT2D eigenvalue weighted by Crippen LogP contribution is 2.39. The minimum atomic E-state index is -1.40. The first-order chi connectivity index (χ1) is 36.5. The summed E-state index contributed by atoms with van der Waals surface area (Å²) in [7, 11) is -1.40. The summed E-state index contributed by atoms with van der Waals surface area (Å²) in [4.78, 5) is 4.57. The van der Waals surface area contributed by atoms with Crippen molar-refractivity contribution in [2.75, 3.05) is 9.80 Å². The summed E-state index contributed by atoms with van der Waals surface area (Å²) in [5.74, 6) is 0. The van der Waals surface area contributed by atoms with Gasteiger partial charge in [0.15, 0.2) is 0 Å². The van der Waals surface area contributed by atoms with Crippen LogP contribution in [0.15, 0.2) is 308 Å². The fourth-order valence-corrected chi connectivity index (χ4v) is 9.51. The van der Waals surface area contributed by atoms with Crippen LogP contribution in [0.2, 0.25) is 0 Å². The number of hydrogen-bond acceptors (Lipinski definition) is 4. The van der Waals surface area contributed by atoms with Crippen LogP contribution >= 0.6 is 15.9 Å². The summed E-state index contributed by atoms with van der Waals surface area (Å²) in [6, 6.07) is 105. The second kappa shape index (κ2) is 24.8. The maximum absolute atomic E-state index is 9.08. The Balaban J connectivity index is 0.000000151. The van der Waals surface area contributed by atoms with Crippen molar-refractivity contribution in [2.24, 2.45) is 0 Å². The van der Waals surface area contributed by atoms with Crippen molar-refractivity contribution < 1.29 is 10.0 Å². The van der Waals surface area contributed by atoms with Crippen LogP contribution in [0.4, 0.5) is 34.1 Å². The quantitative estimate of drug-likeness (QED) is 0.134. The smallest absolute Gasteiger partial charge is 0.423 e. The number of fused-ring (bicyclic) bond motifs is 2. The fraction of sp³-hybridized carbons (Fsp3) is 0.0145. The summed E-state index contributed by atoms with van der Waals surface area (Å²) in [5.41, 5.74) is 14.7. The average Bonchev–Trinajstić information content (AvgIpc) is 3.47. The van der Waals surface area contributed by atoms with Crippen LogP contribution in [0.1, 0.15) is 7.43 Å². The van der Waals surface area contributed by atoms with Crippen LogP contribution in [0.5, 0.6) is 0 Å². The highest BCUT2D eigenvalue weighted by Gasteiger charge is 2.16. The van der Waals surface area contributed by atoms with E-state index in [0.717, 1.165) is 49.4 Å². The molecule has 2 N–H and O–H groups in total. The maximum atomic E-state index is 9.08. The van der Waals surface area contributed by atoms with E-state index in [9.17, 15) is 0 Å². The molecule has 0 aromatic heterocycles. The first-order valence-corrected chi connectivity index (χ1v) is 25.4. The molecule has 0 heterocycles. The molecule has 0 bridgehead atoms. The molecule has 0 aliphatic heterocycles. The van der Waals surface area contributed by atoms with Gasteiger partial charge in [-0.3, -0.25) is 0 Å². The number of halogens is 1. The number of nitrogens with zero attached hydrogens (tertiary/aromatic N) is 2. The molecule has 75 heavy (non-hydrogen) atoms. The lowest BCUT2D eigenvalue weighted by Crippen LogP contribution is -2.30. The Bertz CT molecular complexity index is 3670. The van der Waals surface area contributed by atoms with Crippen molar-refractivity contribution in [3.05, 3.63) is 308 Å². The first kappa shape index (κ1) is 51.1. The zero-order valence-corrected chi connectivity index (χ0v) is 42.2. The third-order valence-electron chi connectivity index (χ3n) is 12.9. The largest absolute Gasteiger partial charge is 0.489 e. The van der Waals surface area contributed by atoms with Crippen molar-refractivity contribution in [1.29, 1.82) is 0 Å². The number of hydrogen-bond donors (Lipinski definition) is 2. The molecule has 0 saturated carbocycles. The summed E-state index contributed by atoms with van der Waals surface area (Å²) in [5, 5.41) is 22.6. The Morgan fingerprint density at radius 3 is 1.01 bits per heavy atom. The number of anilines is 6. The van der Waals surface area contributed by atoms with Gasteiger partial charge in [0, 0.05) is 38.6 Å². The molecule has 0 aliphatic carbocycles. The molecule has 364 valence electrons. The Morgan fingerprint density at radius 1 is 0.267 bits per heavy atom. The van der Waals surface area contributed by atoms with E-state index < -0.39 is 7.12 Å². The number of rotatable bonds is 10. The molecule has 6 heteroatoms. The molecule has 0 saturated heterocycles. The Labute approximate surface area is 450 Å². The van der Waals surface area contributed by atoms with Gasteiger partial charge in [-0.25, -0.2) is 0 Å². The van der Waals surface area contributed by atoms with Crippen molar-refractivity contribution in [3.8, 4) is 33.4 Å². The lowest BCUT2D eigenvalue weighted by molar-refractivity contribution is 0.426. The standard InChI is InChI=1S/C34H25N.C24H18BrN.C10H9BO2.CH4/c1-3-10-26(11-4-1)27-18-22-31(23-19-27)35(30-14-5-2-6-15-30)32-24-20-29(21-25-32)34-17-9-13-28-12-7-8-16-33(28)34;25-21-13-17-24(18-14-21)26(22-9-5-2-6-10-22)23-15-11-20(12-16-23)19-7-3-1-4-8-19;12-11(13)10-7-3-5-8-4-1-2-6-9(8)10;/h1-25H;1-18H;1-7,12-13H;1H4. The molecule has 0 fully saturated rings. The molecule has 0 unspecified atom stereocenters. The van der Waals surface area contributed by atoms with Gasteiger partial charge in [-0.05, 0) is 145 Å². The predicted molar refractivity (Wildman–Crippen MR) is 324 cm³/mol. The molecule has 4 nitrogen and oxygen atoms in total. The average molecular weight is 1040 g/mol. The van der Waals surface area contributed by atoms with E-state index in [-0.39, 0.29) is 7.43 Å². The van der Waals surface area contributed by atoms with E-state index in [4.69, 9.17) is 10.0 Å². The van der Waals surface area contributed by atoms with E-state index in [1.807, 2.05) is 48.5 Å². The van der Waals surface area contributed by atoms with Gasteiger partial charge in [0.1, 0.15) is 0 Å². The van der Waals surface area contributed by atoms with Crippen LogP contribution in [0.3, 0.4) is 0 Å². The van der Waals surface area contributed by atoms with E-state index in [1.54, 1.807) is 6.07 Å². The van der Waals surface area contributed by atoms with Gasteiger partial charge in [-0.1, -0.05) is 242 Å². The molecule has 0 atom stereocenters. The van der Waals surface area contributed by atoms with Gasteiger partial charge in [-0.15, -0.1) is 0 Å². The summed E-state index contributed by atoms with van der Waals surface area (Å²) in [6.45, 7) is 0. The van der Waals surface area contributed by atoms with Crippen LogP contribution < -0.4 is 15.3 Å². The van der Waals surface area contributed by atoms with Gasteiger partial charge in [0.25, 0.3) is 0 Å². The van der Waals surface area contributed by atoms with E-state index >= 15 is 0 Å². The SMILES string of the molecule is Brc1ccc(N(c2ccccc2)c2ccc(-c3ccccc3)cc2)cc1.C.OB(O)c1cccc2ccccc12.c1ccc(-c2ccc(N(c3ccccc3)c3ccc(-c4cccc5ccccc45)cc3)cc2)cc1. The van der Waals surface area contributed by atoms with Gasteiger partial charge in [-0.2, -0.15) is 0 Å². The topological polar surface area (TPSA) is 46.9 Å². The molecule has 12 rings (SSSR count). The van der Waals surface area contributed by atoms with E-state index in [2.05, 4.69) is 274 Å². The highest BCUT2D eigenvalue weighted by molar-refractivity contribution is 9.10. The van der Waals surface area contributed by atoms with Crippen molar-refractivity contribution >= 4 is 84.2 Å². The Kier molecular flexibility index (Phi) is 16.9. The second-order valence-corrected chi connectivity index (χ2v) is 18.6. The third-order valence-corrected chi connectivity index (χ3v) is 13.4. The lowest BCUT2D eigenvalue weighted by Gasteiger charge is -2.26. The Hall–Kier alpha value is -8.78. The van der Waals surface area contributed by atoms with Crippen LogP contribution in [-0.4, -0.2) is 17.2 Å². The van der Waals surface area contributed by atoms with E-state index in [0.29, 0.717) is 5.46 Å². The van der Waals surface area contributed by atoms with E-state index in [1.165, 1.54) is 44.2 Å². The van der Waals surface area contributed by atoms with Gasteiger partial charge >= 0.3 is 7.12 Å². The fourth-order valence-electron chi connectivity index (χ4n) is 9.25. The minimum absolute atomic E-state index is 0. The van der Waals surface area contributed by atoms with Gasteiger partial charge in [0.2, 0.25) is 0 Å². The van der Waals surface area contributed by atoms with Gasteiger partial charge < -0.3 is 19.8 Å². The summed E-state index contributed by atoms with van der Waals surface area (Å²) < 4.78 is 1.08.